The average molecular weight is 500 g/mol. The largest absolute Gasteiger partial charge is 0.392 e. The van der Waals surface area contributed by atoms with Gasteiger partial charge in [0.1, 0.15) is 23.4 Å². The van der Waals surface area contributed by atoms with Gasteiger partial charge in [0.05, 0.1) is 31.0 Å². The highest BCUT2D eigenvalue weighted by atomic mass is 16.5. The molecule has 10 nitrogen and oxygen atoms in total. The Morgan fingerprint density at radius 3 is 2.23 bits per heavy atom. The van der Waals surface area contributed by atoms with Crippen LogP contribution in [0.3, 0.4) is 0 Å². The number of hydrogen-bond donors (Lipinski definition) is 5. The third-order valence-corrected chi connectivity index (χ3v) is 11.7. The lowest BCUT2D eigenvalue weighted by molar-refractivity contribution is -0.320. The number of fused-ring (bicyclic) bond motifs is 2. The first-order chi connectivity index (χ1) is 16.6. The molecule has 1 saturated heterocycles. The number of ether oxygens (including phenoxy) is 4. The fourth-order valence-corrected chi connectivity index (χ4v) is 11.0. The van der Waals surface area contributed by atoms with E-state index in [0.29, 0.717) is 26.1 Å². The van der Waals surface area contributed by atoms with Gasteiger partial charge in [0.25, 0.3) is 0 Å². The summed E-state index contributed by atoms with van der Waals surface area (Å²) in [4.78, 5) is 2.29. The number of likely N-dealkylation sites (tertiary alicyclic amines) is 1. The predicted molar refractivity (Wildman–Crippen MR) is 121 cm³/mol. The minimum atomic E-state index is -1.76. The molecule has 1 heterocycles. The van der Waals surface area contributed by atoms with Gasteiger partial charge in [-0.15, -0.1) is 0 Å². The minimum Gasteiger partial charge on any atom is -0.392 e. The lowest BCUT2D eigenvalue weighted by Crippen LogP contribution is -2.81. The van der Waals surface area contributed by atoms with Crippen molar-refractivity contribution in [3.63, 3.8) is 0 Å². The molecule has 200 valence electrons. The Morgan fingerprint density at radius 2 is 1.66 bits per heavy atom. The summed E-state index contributed by atoms with van der Waals surface area (Å²) in [5, 5.41) is 59.3. The van der Waals surface area contributed by atoms with Crippen LogP contribution in [0.25, 0.3) is 0 Å². The molecular formula is C25H41NO9. The maximum absolute atomic E-state index is 12.6. The average Bonchev–Trinajstić information content (AvgIpc) is 3.19. The fourth-order valence-electron chi connectivity index (χ4n) is 11.0. The van der Waals surface area contributed by atoms with E-state index < -0.39 is 76.4 Å². The Bertz CT molecular complexity index is 878. The Kier molecular flexibility index (Phi) is 5.40. The van der Waals surface area contributed by atoms with Crippen molar-refractivity contribution < 1.29 is 44.5 Å². The normalized spacial score (nSPS) is 62.4. The Morgan fingerprint density at radius 1 is 0.943 bits per heavy atom. The van der Waals surface area contributed by atoms with Crippen molar-refractivity contribution in [2.75, 3.05) is 48.1 Å². The summed E-state index contributed by atoms with van der Waals surface area (Å²) < 4.78 is 23.7. The van der Waals surface area contributed by atoms with E-state index >= 15 is 0 Å². The molecule has 5 saturated carbocycles. The van der Waals surface area contributed by atoms with Gasteiger partial charge in [0.15, 0.2) is 0 Å². The molecule has 10 heteroatoms. The van der Waals surface area contributed by atoms with E-state index in [0.717, 1.165) is 0 Å². The third-order valence-electron chi connectivity index (χ3n) is 11.7. The van der Waals surface area contributed by atoms with Gasteiger partial charge in [-0.1, -0.05) is 6.92 Å². The zero-order valence-electron chi connectivity index (χ0n) is 21.2. The molecule has 35 heavy (non-hydrogen) atoms. The highest BCUT2D eigenvalue weighted by molar-refractivity contribution is 5.39. The molecule has 6 fully saturated rings. The van der Waals surface area contributed by atoms with Gasteiger partial charge in [0, 0.05) is 76.0 Å². The predicted octanol–water partition coefficient (Wildman–Crippen LogP) is -1.79. The molecule has 0 aromatic heterocycles. The summed E-state index contributed by atoms with van der Waals surface area (Å²) in [6.45, 7) is 3.58. The van der Waals surface area contributed by atoms with Gasteiger partial charge >= 0.3 is 0 Å². The molecule has 0 amide bonds. The second kappa shape index (κ2) is 7.59. The molecule has 1 unspecified atom stereocenters. The topological polar surface area (TPSA) is 141 Å². The third kappa shape index (κ3) is 2.35. The van der Waals surface area contributed by atoms with Crippen LogP contribution < -0.4 is 0 Å². The molecule has 6 aliphatic rings. The van der Waals surface area contributed by atoms with Gasteiger partial charge in [-0.25, -0.2) is 0 Å². The number of piperidine rings is 1. The number of nitrogens with zero attached hydrogens (tertiary/aromatic N) is 1. The van der Waals surface area contributed by atoms with Crippen molar-refractivity contribution >= 4 is 0 Å². The van der Waals surface area contributed by atoms with Crippen LogP contribution in [0.4, 0.5) is 0 Å². The van der Waals surface area contributed by atoms with Crippen LogP contribution in [0.1, 0.15) is 19.8 Å². The van der Waals surface area contributed by atoms with E-state index in [1.165, 1.54) is 7.11 Å². The summed E-state index contributed by atoms with van der Waals surface area (Å²) in [6, 6.07) is -0.240. The number of aliphatic hydroxyl groups is 5. The molecule has 0 radical (unpaired) electrons. The molecular weight excluding hydrogens is 458 g/mol. The zero-order valence-corrected chi connectivity index (χ0v) is 21.2. The standard InChI is InChI=1S/C25H41NO9/c1-6-26-9-22(10-32-2)12(27)7-13(33-3)24-11-8-23(30)19(28)14(11)25(31,20(29)21(23)35-5)15(18(24)26)16(34-4)17(22)24/h11-21,27-31H,6-10H2,1-5H3/t11-,12-,13+,14-,15+,16+,17?,18-,19-,20+,21+,22+,23-,24+,25-/m1/s1. The van der Waals surface area contributed by atoms with Crippen molar-refractivity contribution in [2.45, 2.75) is 73.6 Å². The summed E-state index contributed by atoms with van der Waals surface area (Å²) in [5.74, 6) is -2.04. The van der Waals surface area contributed by atoms with Crippen LogP contribution in [-0.4, -0.2) is 132 Å². The van der Waals surface area contributed by atoms with E-state index in [9.17, 15) is 25.5 Å². The van der Waals surface area contributed by atoms with E-state index in [2.05, 4.69) is 11.8 Å². The molecule has 7 bridgehead atoms. The van der Waals surface area contributed by atoms with Crippen molar-refractivity contribution in [2.24, 2.45) is 34.5 Å². The van der Waals surface area contributed by atoms with Gasteiger partial charge in [-0.2, -0.15) is 0 Å². The maximum Gasteiger partial charge on any atom is 0.120 e. The van der Waals surface area contributed by atoms with Crippen LogP contribution >= 0.6 is 0 Å². The lowest BCUT2D eigenvalue weighted by atomic mass is 9.42. The molecule has 5 aliphatic carbocycles. The Labute approximate surface area is 206 Å². The van der Waals surface area contributed by atoms with Crippen LogP contribution in [0.5, 0.6) is 0 Å². The minimum absolute atomic E-state index is 0.156. The van der Waals surface area contributed by atoms with Crippen molar-refractivity contribution in [1.29, 1.82) is 0 Å². The van der Waals surface area contributed by atoms with E-state index in [4.69, 9.17) is 18.9 Å². The van der Waals surface area contributed by atoms with E-state index in [1.54, 1.807) is 21.3 Å². The Balaban J connectivity index is 1.68. The second-order valence-electron chi connectivity index (χ2n) is 12.1. The Hall–Kier alpha value is -0.400. The highest BCUT2D eigenvalue weighted by Crippen LogP contribution is 2.79. The first kappa shape index (κ1) is 24.9. The zero-order chi connectivity index (χ0) is 25.3. The summed E-state index contributed by atoms with van der Waals surface area (Å²) in [7, 11) is 6.29. The van der Waals surface area contributed by atoms with Crippen LogP contribution in [-0.2, 0) is 18.9 Å². The number of rotatable bonds is 6. The quantitative estimate of drug-likeness (QED) is 0.285. The van der Waals surface area contributed by atoms with Gasteiger partial charge in [-0.3, -0.25) is 4.90 Å². The molecule has 0 aromatic carbocycles. The van der Waals surface area contributed by atoms with Crippen molar-refractivity contribution in [1.82, 2.24) is 4.90 Å². The molecule has 0 aromatic rings. The smallest absolute Gasteiger partial charge is 0.120 e. The van der Waals surface area contributed by atoms with E-state index in [1.807, 2.05) is 0 Å². The summed E-state index contributed by atoms with van der Waals surface area (Å²) >= 11 is 0. The second-order valence-corrected chi connectivity index (χ2v) is 12.1. The van der Waals surface area contributed by atoms with Crippen LogP contribution in [0, 0.1) is 34.5 Å². The monoisotopic (exact) mass is 499 g/mol. The SMILES string of the molecule is CCN1C[C@@]2(COC)C3[C@@H](OC)[C@H]4[C@@H]1[C@]3([C@@H](OC)C[C@H]2O)[C@@H]1C[C@@]2(O)[C@H](O)[C@@H]1[C@]4(O)[C@@H](O)[C@@H]2OC. The molecule has 5 N–H and O–H groups in total. The van der Waals surface area contributed by atoms with Crippen molar-refractivity contribution in [3.8, 4) is 0 Å². The van der Waals surface area contributed by atoms with Crippen LogP contribution in [0.2, 0.25) is 0 Å². The first-order valence-electron chi connectivity index (χ1n) is 12.9. The van der Waals surface area contributed by atoms with Crippen molar-refractivity contribution in [3.05, 3.63) is 0 Å². The van der Waals surface area contributed by atoms with Gasteiger partial charge in [0.2, 0.25) is 0 Å². The summed E-state index contributed by atoms with van der Waals surface area (Å²) in [6.07, 6.45) is -4.95. The first-order valence-corrected chi connectivity index (χ1v) is 12.9. The molecule has 6 rings (SSSR count). The van der Waals surface area contributed by atoms with Gasteiger partial charge in [-0.05, 0) is 18.9 Å². The summed E-state index contributed by atoms with van der Waals surface area (Å²) in [5.41, 5.74) is -4.81. The van der Waals surface area contributed by atoms with E-state index in [-0.39, 0.29) is 18.4 Å². The highest BCUT2D eigenvalue weighted by Gasteiger charge is 2.90. The van der Waals surface area contributed by atoms with Crippen LogP contribution in [0.15, 0.2) is 0 Å². The van der Waals surface area contributed by atoms with Gasteiger partial charge < -0.3 is 44.5 Å². The lowest BCUT2D eigenvalue weighted by Gasteiger charge is -2.70. The number of hydrogen-bond acceptors (Lipinski definition) is 10. The maximum atomic E-state index is 12.6. The molecule has 1 aliphatic heterocycles. The molecule has 15 atom stereocenters. The molecule has 1 spiro atoms. The number of methoxy groups -OCH3 is 4. The fraction of sp³-hybridized carbons (Fsp3) is 1.00. The number of aliphatic hydroxyl groups excluding tert-OH is 3.